The Kier molecular flexibility index (Phi) is 4.63. The molecular weight excluding hydrogens is 376 g/mol. The number of fused-ring (bicyclic) bond motifs is 5. The third-order valence-electron chi connectivity index (χ3n) is 7.27. The number of amides is 1. The monoisotopic (exact) mass is 402 g/mol. The smallest absolute Gasteiger partial charge is 0.227 e. The Morgan fingerprint density at radius 1 is 1.18 bits per heavy atom. The zero-order valence-corrected chi connectivity index (χ0v) is 17.0. The Labute approximate surface area is 170 Å². The number of hydrogen-bond donors (Lipinski definition) is 1. The van der Waals surface area contributed by atoms with Gasteiger partial charge in [-0.2, -0.15) is 0 Å². The Bertz CT molecular complexity index is 808. The number of nitrogens with zero attached hydrogens (tertiary/aromatic N) is 1. The number of hydrogen-bond acceptors (Lipinski definition) is 4. The molecule has 3 aliphatic heterocycles. The van der Waals surface area contributed by atoms with E-state index in [1.165, 1.54) is 12.8 Å². The van der Waals surface area contributed by atoms with Crippen LogP contribution in [0.3, 0.4) is 0 Å². The van der Waals surface area contributed by atoms with Gasteiger partial charge in [0.05, 0.1) is 5.69 Å². The lowest BCUT2D eigenvalue weighted by atomic mass is 9.78. The van der Waals surface area contributed by atoms with Crippen molar-refractivity contribution < 1.29 is 14.3 Å². The van der Waals surface area contributed by atoms with Crippen molar-refractivity contribution in [2.45, 2.75) is 75.5 Å². The summed E-state index contributed by atoms with van der Waals surface area (Å²) < 4.78 is 6.26. The van der Waals surface area contributed by atoms with Crippen LogP contribution < -0.4 is 10.1 Å². The van der Waals surface area contributed by atoms with E-state index in [-0.39, 0.29) is 30.0 Å². The van der Waals surface area contributed by atoms with Crippen molar-refractivity contribution in [3.8, 4) is 5.75 Å². The number of ketones is 1. The van der Waals surface area contributed by atoms with Crippen LogP contribution in [0.15, 0.2) is 12.1 Å². The molecule has 6 heteroatoms. The lowest BCUT2D eigenvalue weighted by Crippen LogP contribution is -2.54. The van der Waals surface area contributed by atoms with Gasteiger partial charge in [0.25, 0.3) is 0 Å². The summed E-state index contributed by atoms with van der Waals surface area (Å²) in [5.74, 6) is 1.50. The number of piperidine rings is 2. The van der Waals surface area contributed by atoms with Crippen LogP contribution in [0.5, 0.6) is 5.75 Å². The summed E-state index contributed by atoms with van der Waals surface area (Å²) in [6, 6.07) is 4.18. The normalized spacial score (nSPS) is 34.4. The molecule has 0 aromatic heterocycles. The summed E-state index contributed by atoms with van der Waals surface area (Å²) in [6.45, 7) is 0. The maximum atomic E-state index is 13.1. The molecule has 1 amide bonds. The van der Waals surface area contributed by atoms with Crippen molar-refractivity contribution in [2.75, 3.05) is 12.4 Å². The van der Waals surface area contributed by atoms with Crippen LogP contribution in [0.2, 0.25) is 5.02 Å². The summed E-state index contributed by atoms with van der Waals surface area (Å²) in [7, 11) is 2.08. The molecule has 4 aliphatic rings. The van der Waals surface area contributed by atoms with Crippen molar-refractivity contribution in [1.29, 1.82) is 0 Å². The highest BCUT2D eigenvalue weighted by molar-refractivity contribution is 6.31. The van der Waals surface area contributed by atoms with Gasteiger partial charge in [0.15, 0.2) is 0 Å². The van der Waals surface area contributed by atoms with Crippen LogP contribution >= 0.6 is 11.6 Å². The summed E-state index contributed by atoms with van der Waals surface area (Å²) in [6.07, 6.45) is 7.42. The number of nitrogens with one attached hydrogen (secondary N) is 1. The molecule has 4 atom stereocenters. The topological polar surface area (TPSA) is 58.6 Å². The first-order valence-corrected chi connectivity index (χ1v) is 10.9. The van der Waals surface area contributed by atoms with E-state index in [0.717, 1.165) is 37.0 Å². The second kappa shape index (κ2) is 7.03. The van der Waals surface area contributed by atoms with Crippen LogP contribution in [-0.4, -0.2) is 41.8 Å². The van der Waals surface area contributed by atoms with E-state index in [4.69, 9.17) is 16.3 Å². The predicted octanol–water partition coefficient (Wildman–Crippen LogP) is 4.14. The highest BCUT2D eigenvalue weighted by Crippen LogP contribution is 2.50. The molecule has 1 N–H and O–H groups in total. The van der Waals surface area contributed by atoms with Crippen LogP contribution in [0.25, 0.3) is 0 Å². The minimum absolute atomic E-state index is 0.0281. The van der Waals surface area contributed by atoms with Crippen molar-refractivity contribution in [1.82, 2.24) is 4.90 Å². The number of rotatable bonds is 2. The van der Waals surface area contributed by atoms with Crippen LogP contribution in [0, 0.1) is 5.92 Å². The minimum Gasteiger partial charge on any atom is -0.487 e. The Hall–Kier alpha value is -1.59. The largest absolute Gasteiger partial charge is 0.487 e. The van der Waals surface area contributed by atoms with Gasteiger partial charge >= 0.3 is 0 Å². The summed E-state index contributed by atoms with van der Waals surface area (Å²) in [5.41, 5.74) is 1.86. The molecule has 3 heterocycles. The molecule has 2 bridgehead atoms. The molecule has 1 aromatic carbocycles. The second-order valence-electron chi connectivity index (χ2n) is 9.00. The first-order valence-electron chi connectivity index (χ1n) is 10.5. The molecule has 0 spiro atoms. The van der Waals surface area contributed by atoms with E-state index >= 15 is 0 Å². The quantitative estimate of drug-likeness (QED) is 0.807. The van der Waals surface area contributed by atoms with Gasteiger partial charge in [0.1, 0.15) is 17.6 Å². The molecule has 1 aromatic rings. The highest BCUT2D eigenvalue weighted by atomic mass is 35.5. The molecule has 0 radical (unpaired) electrons. The van der Waals surface area contributed by atoms with Crippen molar-refractivity contribution in [3.05, 3.63) is 22.7 Å². The molecule has 2 saturated heterocycles. The van der Waals surface area contributed by atoms with E-state index in [2.05, 4.69) is 17.3 Å². The SMILES string of the molecule is CN1C2CC(=O)CC1CC(C(=O)Nc1cc(Cl)cc3c1OC1CCCCC31)C2. The molecule has 3 fully saturated rings. The Morgan fingerprint density at radius 3 is 2.64 bits per heavy atom. The van der Waals surface area contributed by atoms with Gasteiger partial charge in [-0.25, -0.2) is 0 Å². The zero-order chi connectivity index (χ0) is 19.4. The van der Waals surface area contributed by atoms with Gasteiger partial charge in [-0.1, -0.05) is 18.0 Å². The molecule has 4 unspecified atom stereocenters. The number of ether oxygens (including phenoxy) is 1. The standard InChI is InChI=1S/C22H27ClN2O3/c1-25-14-6-12(7-15(25)11-16(26)10-14)22(27)24-19-9-13(23)8-18-17-4-2-3-5-20(17)28-21(18)19/h8-9,12,14-15,17,20H,2-7,10-11H2,1H3,(H,24,27). The molecule has 28 heavy (non-hydrogen) atoms. The summed E-state index contributed by atoms with van der Waals surface area (Å²) in [5, 5.41) is 3.77. The lowest BCUT2D eigenvalue weighted by molar-refractivity contribution is -0.132. The number of anilines is 1. The average Bonchev–Trinajstić information content (AvgIpc) is 3.01. The third kappa shape index (κ3) is 3.13. The van der Waals surface area contributed by atoms with Crippen molar-refractivity contribution >= 4 is 29.0 Å². The highest BCUT2D eigenvalue weighted by Gasteiger charge is 2.42. The van der Waals surface area contributed by atoms with Crippen LogP contribution in [0.4, 0.5) is 5.69 Å². The van der Waals surface area contributed by atoms with Crippen molar-refractivity contribution in [3.63, 3.8) is 0 Å². The van der Waals surface area contributed by atoms with Gasteiger partial charge in [-0.05, 0) is 51.3 Å². The summed E-state index contributed by atoms with van der Waals surface area (Å²) >= 11 is 6.39. The molecule has 5 rings (SSSR count). The fourth-order valence-electron chi connectivity index (χ4n) is 5.76. The first-order chi connectivity index (χ1) is 13.5. The van der Waals surface area contributed by atoms with E-state index < -0.39 is 0 Å². The van der Waals surface area contributed by atoms with E-state index in [9.17, 15) is 9.59 Å². The molecule has 150 valence electrons. The van der Waals surface area contributed by atoms with E-state index in [0.29, 0.717) is 35.3 Å². The molecule has 1 aliphatic carbocycles. The van der Waals surface area contributed by atoms with Gasteiger partial charge in [0, 0.05) is 47.3 Å². The predicted molar refractivity (Wildman–Crippen MR) is 108 cm³/mol. The van der Waals surface area contributed by atoms with Crippen LogP contribution in [0.1, 0.15) is 62.8 Å². The van der Waals surface area contributed by atoms with E-state index in [1.54, 1.807) is 0 Å². The van der Waals surface area contributed by atoms with Gasteiger partial charge < -0.3 is 10.1 Å². The fourth-order valence-corrected chi connectivity index (χ4v) is 5.98. The van der Waals surface area contributed by atoms with Gasteiger partial charge in [-0.15, -0.1) is 0 Å². The zero-order valence-electron chi connectivity index (χ0n) is 16.2. The number of Topliss-reactive ketones (excluding diaryl/α,β-unsaturated/α-hetero) is 1. The van der Waals surface area contributed by atoms with Crippen molar-refractivity contribution in [2.24, 2.45) is 5.92 Å². The average molecular weight is 403 g/mol. The summed E-state index contributed by atoms with van der Waals surface area (Å²) in [4.78, 5) is 27.3. The lowest BCUT2D eigenvalue weighted by Gasteiger charge is -2.45. The second-order valence-corrected chi connectivity index (χ2v) is 9.43. The third-order valence-corrected chi connectivity index (χ3v) is 7.49. The van der Waals surface area contributed by atoms with Gasteiger partial charge in [0.2, 0.25) is 5.91 Å². The Morgan fingerprint density at radius 2 is 1.89 bits per heavy atom. The molecule has 1 saturated carbocycles. The minimum atomic E-state index is -0.0717. The number of benzene rings is 1. The number of halogens is 1. The fraction of sp³-hybridized carbons (Fsp3) is 0.636. The maximum absolute atomic E-state index is 13.1. The number of carbonyl (C=O) groups is 2. The maximum Gasteiger partial charge on any atom is 0.227 e. The molecule has 5 nitrogen and oxygen atoms in total. The van der Waals surface area contributed by atoms with E-state index in [1.807, 2.05) is 12.1 Å². The number of carbonyl (C=O) groups excluding carboxylic acids is 2. The first kappa shape index (κ1) is 18.4. The van der Waals surface area contributed by atoms with Gasteiger partial charge in [-0.3, -0.25) is 14.5 Å². The Balaban J connectivity index is 1.36. The van der Waals surface area contributed by atoms with Crippen LogP contribution in [-0.2, 0) is 9.59 Å². The molecular formula is C22H27ClN2O3.